The molecule has 1 aliphatic heterocycles. The molecule has 1 aromatic rings. The third-order valence-corrected chi connectivity index (χ3v) is 3.67. The molecule has 2 unspecified atom stereocenters. The lowest BCUT2D eigenvalue weighted by Gasteiger charge is -2.39. The minimum Gasteiger partial charge on any atom is -0.399 e. The molecule has 1 saturated heterocycles. The van der Waals surface area contributed by atoms with Crippen LogP contribution in [0.1, 0.15) is 32.3 Å². The van der Waals surface area contributed by atoms with Crippen LogP contribution in [0, 0.1) is 12.8 Å². The number of hydrogen-bond donors (Lipinski definition) is 1. The van der Waals surface area contributed by atoms with Gasteiger partial charge in [0.15, 0.2) is 0 Å². The largest absolute Gasteiger partial charge is 0.399 e. The Hall–Kier alpha value is -1.18. The summed E-state index contributed by atoms with van der Waals surface area (Å²) in [6.07, 6.45) is 2.60. The van der Waals surface area contributed by atoms with Gasteiger partial charge in [-0.2, -0.15) is 0 Å². The predicted octanol–water partition coefficient (Wildman–Crippen LogP) is 3.20. The minimum atomic E-state index is 0.645. The Morgan fingerprint density at radius 2 is 2.06 bits per heavy atom. The predicted molar refractivity (Wildman–Crippen MR) is 70.8 cm³/mol. The normalized spacial score (nSPS) is 25.8. The van der Waals surface area contributed by atoms with Gasteiger partial charge < -0.3 is 10.6 Å². The lowest BCUT2D eigenvalue weighted by molar-refractivity contribution is 0.377. The van der Waals surface area contributed by atoms with Crippen molar-refractivity contribution in [2.75, 3.05) is 17.2 Å². The molecule has 0 amide bonds. The van der Waals surface area contributed by atoms with Gasteiger partial charge in [0.1, 0.15) is 0 Å². The van der Waals surface area contributed by atoms with Gasteiger partial charge in [0.25, 0.3) is 0 Å². The summed E-state index contributed by atoms with van der Waals surface area (Å²) in [5.74, 6) is 0.861. The second-order valence-corrected chi connectivity index (χ2v) is 5.22. The molecule has 1 heterocycles. The quantitative estimate of drug-likeness (QED) is 0.733. The molecule has 0 aliphatic carbocycles. The van der Waals surface area contributed by atoms with E-state index >= 15 is 0 Å². The summed E-state index contributed by atoms with van der Waals surface area (Å²) in [5.41, 5.74) is 9.30. The van der Waals surface area contributed by atoms with E-state index < -0.39 is 0 Å². The van der Waals surface area contributed by atoms with Gasteiger partial charge in [-0.25, -0.2) is 0 Å². The van der Waals surface area contributed by atoms with Crippen LogP contribution >= 0.6 is 0 Å². The van der Waals surface area contributed by atoms with Crippen LogP contribution in [-0.2, 0) is 0 Å². The van der Waals surface area contributed by atoms with Crippen LogP contribution in [0.5, 0.6) is 0 Å². The highest BCUT2D eigenvalue weighted by Gasteiger charge is 2.23. The molecule has 2 heteroatoms. The van der Waals surface area contributed by atoms with Crippen LogP contribution < -0.4 is 10.6 Å². The number of hydrogen-bond acceptors (Lipinski definition) is 2. The summed E-state index contributed by atoms with van der Waals surface area (Å²) in [6.45, 7) is 8.00. The number of benzene rings is 1. The first-order chi connectivity index (χ1) is 7.58. The molecule has 0 aromatic heterocycles. The third-order valence-electron chi connectivity index (χ3n) is 3.67. The number of anilines is 2. The van der Waals surface area contributed by atoms with Gasteiger partial charge >= 0.3 is 0 Å². The maximum absolute atomic E-state index is 5.80. The topological polar surface area (TPSA) is 29.3 Å². The maximum Gasteiger partial charge on any atom is 0.0399 e. The van der Waals surface area contributed by atoms with E-state index in [4.69, 9.17) is 5.73 Å². The van der Waals surface area contributed by atoms with Crippen molar-refractivity contribution in [1.29, 1.82) is 0 Å². The maximum atomic E-state index is 5.80. The number of nitrogens with two attached hydrogens (primary N) is 1. The average Bonchev–Trinajstić information content (AvgIpc) is 2.19. The van der Waals surface area contributed by atoms with Crippen LogP contribution in [-0.4, -0.2) is 12.6 Å². The van der Waals surface area contributed by atoms with Crippen molar-refractivity contribution in [3.05, 3.63) is 23.8 Å². The van der Waals surface area contributed by atoms with E-state index in [1.54, 1.807) is 0 Å². The fourth-order valence-electron chi connectivity index (χ4n) is 2.77. The summed E-state index contributed by atoms with van der Waals surface area (Å²) in [4.78, 5) is 2.52. The fourth-order valence-corrected chi connectivity index (χ4v) is 2.77. The lowest BCUT2D eigenvalue weighted by atomic mass is 9.92. The van der Waals surface area contributed by atoms with Crippen LogP contribution in [0.15, 0.2) is 18.2 Å². The minimum absolute atomic E-state index is 0.645. The number of rotatable bonds is 1. The highest BCUT2D eigenvalue weighted by molar-refractivity contribution is 5.59. The first-order valence-corrected chi connectivity index (χ1v) is 6.20. The lowest BCUT2D eigenvalue weighted by Crippen LogP contribution is -2.40. The molecular formula is C14H22N2. The van der Waals surface area contributed by atoms with Crippen LogP contribution in [0.25, 0.3) is 0 Å². The number of aryl methyl sites for hydroxylation is 1. The Bertz CT molecular complexity index is 373. The Morgan fingerprint density at radius 3 is 2.69 bits per heavy atom. The van der Waals surface area contributed by atoms with Gasteiger partial charge in [0.2, 0.25) is 0 Å². The van der Waals surface area contributed by atoms with Gasteiger partial charge in [-0.1, -0.05) is 6.92 Å². The highest BCUT2D eigenvalue weighted by Crippen LogP contribution is 2.30. The van der Waals surface area contributed by atoms with Crippen molar-refractivity contribution in [2.24, 2.45) is 5.92 Å². The Kier molecular flexibility index (Phi) is 3.08. The SMILES string of the molecule is Cc1cc(N)ccc1N1CCC(C)CC1C. The van der Waals surface area contributed by atoms with Gasteiger partial charge in [-0.3, -0.25) is 0 Å². The molecule has 2 rings (SSSR count). The standard InChI is InChI=1S/C14H22N2/c1-10-6-7-16(12(3)8-10)14-5-4-13(15)9-11(14)2/h4-5,9-10,12H,6-8,15H2,1-3H3. The van der Waals surface area contributed by atoms with E-state index in [1.165, 1.54) is 30.6 Å². The third kappa shape index (κ3) is 2.16. The Morgan fingerprint density at radius 1 is 1.31 bits per heavy atom. The summed E-state index contributed by atoms with van der Waals surface area (Å²) in [6, 6.07) is 6.88. The van der Waals surface area contributed by atoms with Crippen LogP contribution in [0.4, 0.5) is 11.4 Å². The first-order valence-electron chi connectivity index (χ1n) is 6.20. The Labute approximate surface area is 98.4 Å². The van der Waals surface area contributed by atoms with E-state index in [0.717, 1.165) is 11.6 Å². The molecule has 2 N–H and O–H groups in total. The van der Waals surface area contributed by atoms with Gasteiger partial charge in [0, 0.05) is 24.0 Å². The van der Waals surface area contributed by atoms with Gasteiger partial charge in [0.05, 0.1) is 0 Å². The van der Waals surface area contributed by atoms with Crippen LogP contribution in [0.2, 0.25) is 0 Å². The molecule has 0 spiro atoms. The fraction of sp³-hybridized carbons (Fsp3) is 0.571. The van der Waals surface area contributed by atoms with E-state index in [-0.39, 0.29) is 0 Å². The summed E-state index contributed by atoms with van der Waals surface area (Å²) in [7, 11) is 0. The van der Waals surface area contributed by atoms with Crippen molar-refractivity contribution < 1.29 is 0 Å². The molecule has 2 nitrogen and oxygen atoms in total. The van der Waals surface area contributed by atoms with E-state index in [1.807, 2.05) is 6.07 Å². The molecule has 16 heavy (non-hydrogen) atoms. The smallest absolute Gasteiger partial charge is 0.0399 e. The second-order valence-electron chi connectivity index (χ2n) is 5.22. The molecule has 88 valence electrons. The number of nitrogen functional groups attached to an aromatic ring is 1. The zero-order valence-electron chi connectivity index (χ0n) is 10.5. The van der Waals surface area contributed by atoms with E-state index in [9.17, 15) is 0 Å². The van der Waals surface area contributed by atoms with E-state index in [0.29, 0.717) is 6.04 Å². The molecule has 1 fully saturated rings. The number of nitrogens with zero attached hydrogens (tertiary/aromatic N) is 1. The average molecular weight is 218 g/mol. The Balaban J connectivity index is 2.23. The number of piperidine rings is 1. The molecule has 1 aliphatic rings. The van der Waals surface area contributed by atoms with Crippen molar-refractivity contribution in [2.45, 2.75) is 39.7 Å². The zero-order chi connectivity index (χ0) is 11.7. The molecule has 0 saturated carbocycles. The molecular weight excluding hydrogens is 196 g/mol. The first kappa shape index (κ1) is 11.3. The molecule has 0 radical (unpaired) electrons. The second kappa shape index (κ2) is 4.36. The molecule has 2 atom stereocenters. The summed E-state index contributed by atoms with van der Waals surface area (Å²) in [5, 5.41) is 0. The highest BCUT2D eigenvalue weighted by atomic mass is 15.2. The van der Waals surface area contributed by atoms with E-state index in [2.05, 4.69) is 37.8 Å². The van der Waals surface area contributed by atoms with Crippen molar-refractivity contribution >= 4 is 11.4 Å². The van der Waals surface area contributed by atoms with Crippen LogP contribution in [0.3, 0.4) is 0 Å². The van der Waals surface area contributed by atoms with Gasteiger partial charge in [-0.05, 0) is 56.4 Å². The summed E-state index contributed by atoms with van der Waals surface area (Å²) < 4.78 is 0. The monoisotopic (exact) mass is 218 g/mol. The van der Waals surface area contributed by atoms with Crippen molar-refractivity contribution in [3.8, 4) is 0 Å². The van der Waals surface area contributed by atoms with Crippen molar-refractivity contribution in [1.82, 2.24) is 0 Å². The van der Waals surface area contributed by atoms with Crippen molar-refractivity contribution in [3.63, 3.8) is 0 Å². The molecule has 1 aromatic carbocycles. The zero-order valence-corrected chi connectivity index (χ0v) is 10.5. The van der Waals surface area contributed by atoms with Gasteiger partial charge in [-0.15, -0.1) is 0 Å². The molecule has 0 bridgehead atoms. The summed E-state index contributed by atoms with van der Waals surface area (Å²) >= 11 is 0.